The maximum Gasteiger partial charge on any atom is 0.246 e. The van der Waals surface area contributed by atoms with Crippen molar-refractivity contribution in [1.29, 1.82) is 0 Å². The highest BCUT2D eigenvalue weighted by Crippen LogP contribution is 2.36. The Balaban J connectivity index is 2.39. The molecule has 1 aliphatic rings. The minimum Gasteiger partial charge on any atom is -0.495 e. The van der Waals surface area contributed by atoms with E-state index in [0.29, 0.717) is 30.4 Å². The zero-order chi connectivity index (χ0) is 15.0. The molecule has 0 radical (unpaired) electrons. The molecule has 0 aromatic heterocycles. The summed E-state index contributed by atoms with van der Waals surface area (Å²) in [6, 6.07) is 4.59. The summed E-state index contributed by atoms with van der Waals surface area (Å²) >= 11 is 5.91. The van der Waals surface area contributed by atoms with Gasteiger partial charge in [-0.05, 0) is 36.6 Å². The van der Waals surface area contributed by atoms with Crippen molar-refractivity contribution in [2.45, 2.75) is 18.2 Å². The average molecular weight is 319 g/mol. The molecule has 1 atom stereocenters. The lowest BCUT2D eigenvalue weighted by molar-refractivity contribution is 0.348. The van der Waals surface area contributed by atoms with Crippen LogP contribution in [0.3, 0.4) is 0 Å². The fraction of sp³-hybridized carbons (Fsp3) is 0.538. The normalized spacial score (nSPS) is 24.0. The number of hydrogen-bond donors (Lipinski definition) is 1. The van der Waals surface area contributed by atoms with Gasteiger partial charge in [0.15, 0.2) is 0 Å². The molecule has 1 fully saturated rings. The van der Waals surface area contributed by atoms with Crippen molar-refractivity contribution >= 4 is 21.6 Å². The van der Waals surface area contributed by atoms with Crippen LogP contribution in [0.1, 0.15) is 13.3 Å². The second-order valence-corrected chi connectivity index (χ2v) is 7.74. The van der Waals surface area contributed by atoms with Crippen LogP contribution in [0.15, 0.2) is 23.1 Å². The molecule has 1 aromatic rings. The molecule has 2 rings (SSSR count). The number of halogens is 1. The Bertz CT molecular complexity index is 606. The van der Waals surface area contributed by atoms with E-state index in [2.05, 4.69) is 0 Å². The van der Waals surface area contributed by atoms with Crippen LogP contribution in [0, 0.1) is 5.41 Å². The molecule has 1 unspecified atom stereocenters. The molecule has 112 valence electrons. The minimum absolute atomic E-state index is 0.105. The zero-order valence-corrected chi connectivity index (χ0v) is 13.2. The van der Waals surface area contributed by atoms with E-state index in [1.807, 2.05) is 6.92 Å². The standard InChI is InChI=1S/C13H19ClN2O3S/c1-13(8-15)5-6-16(9-13)20(17,18)12-7-10(14)3-4-11(12)19-2/h3-4,7H,5-6,8-9,15H2,1-2H3. The first-order valence-corrected chi connectivity index (χ1v) is 8.18. The number of methoxy groups -OCH3 is 1. The molecular weight excluding hydrogens is 300 g/mol. The van der Waals surface area contributed by atoms with Gasteiger partial charge in [0.2, 0.25) is 10.0 Å². The van der Waals surface area contributed by atoms with Crippen LogP contribution >= 0.6 is 11.6 Å². The number of hydrogen-bond acceptors (Lipinski definition) is 4. The summed E-state index contributed by atoms with van der Waals surface area (Å²) in [4.78, 5) is 0.105. The fourth-order valence-electron chi connectivity index (χ4n) is 2.34. The molecule has 20 heavy (non-hydrogen) atoms. The van der Waals surface area contributed by atoms with E-state index < -0.39 is 10.0 Å². The van der Waals surface area contributed by atoms with E-state index in [0.717, 1.165) is 6.42 Å². The number of sulfonamides is 1. The first-order valence-electron chi connectivity index (χ1n) is 6.36. The molecule has 2 N–H and O–H groups in total. The van der Waals surface area contributed by atoms with Gasteiger partial charge in [-0.15, -0.1) is 0 Å². The van der Waals surface area contributed by atoms with E-state index in [9.17, 15) is 8.42 Å². The maximum absolute atomic E-state index is 12.7. The summed E-state index contributed by atoms with van der Waals surface area (Å²) in [6.07, 6.45) is 0.756. The lowest BCUT2D eigenvalue weighted by atomic mass is 9.90. The monoisotopic (exact) mass is 318 g/mol. The number of rotatable bonds is 4. The van der Waals surface area contributed by atoms with Crippen LogP contribution in [0.25, 0.3) is 0 Å². The van der Waals surface area contributed by atoms with E-state index in [-0.39, 0.29) is 10.3 Å². The van der Waals surface area contributed by atoms with Crippen molar-refractivity contribution in [3.8, 4) is 5.75 Å². The molecule has 0 spiro atoms. The van der Waals surface area contributed by atoms with E-state index in [1.54, 1.807) is 12.1 Å². The smallest absolute Gasteiger partial charge is 0.246 e. The van der Waals surface area contributed by atoms with Gasteiger partial charge in [-0.2, -0.15) is 4.31 Å². The lowest BCUT2D eigenvalue weighted by Gasteiger charge is -2.23. The highest BCUT2D eigenvalue weighted by atomic mass is 35.5. The molecule has 5 nitrogen and oxygen atoms in total. The molecule has 1 heterocycles. The topological polar surface area (TPSA) is 72.6 Å². The van der Waals surface area contributed by atoms with Gasteiger partial charge in [-0.3, -0.25) is 0 Å². The summed E-state index contributed by atoms with van der Waals surface area (Å²) in [5, 5.41) is 0.366. The summed E-state index contributed by atoms with van der Waals surface area (Å²) in [7, 11) is -2.18. The predicted molar refractivity (Wildman–Crippen MR) is 78.5 cm³/mol. The van der Waals surface area contributed by atoms with Gasteiger partial charge < -0.3 is 10.5 Å². The molecule has 1 saturated heterocycles. The van der Waals surface area contributed by atoms with Crippen molar-refractivity contribution in [3.63, 3.8) is 0 Å². The maximum atomic E-state index is 12.7. The van der Waals surface area contributed by atoms with Crippen LogP contribution in [0.4, 0.5) is 0 Å². The lowest BCUT2D eigenvalue weighted by Crippen LogP contribution is -2.34. The Morgan fingerprint density at radius 1 is 1.50 bits per heavy atom. The third-order valence-corrected chi connectivity index (χ3v) is 5.86. The Kier molecular flexibility index (Phi) is 4.30. The quantitative estimate of drug-likeness (QED) is 0.917. The Morgan fingerprint density at radius 2 is 2.20 bits per heavy atom. The Morgan fingerprint density at radius 3 is 2.75 bits per heavy atom. The number of nitrogens with zero attached hydrogens (tertiary/aromatic N) is 1. The molecule has 7 heteroatoms. The van der Waals surface area contributed by atoms with Gasteiger partial charge >= 0.3 is 0 Å². The summed E-state index contributed by atoms with van der Waals surface area (Å²) in [5.41, 5.74) is 5.56. The van der Waals surface area contributed by atoms with Gasteiger partial charge in [0, 0.05) is 18.1 Å². The predicted octanol–water partition coefficient (Wildman–Crippen LogP) is 1.71. The zero-order valence-electron chi connectivity index (χ0n) is 11.6. The molecule has 1 aromatic carbocycles. The van der Waals surface area contributed by atoms with Crippen molar-refractivity contribution in [1.82, 2.24) is 4.31 Å². The van der Waals surface area contributed by atoms with E-state index >= 15 is 0 Å². The molecule has 0 amide bonds. The van der Waals surface area contributed by atoms with Gasteiger partial charge in [0.1, 0.15) is 10.6 Å². The summed E-state index contributed by atoms with van der Waals surface area (Å²) in [5.74, 6) is 0.302. The first kappa shape index (κ1) is 15.6. The number of ether oxygens (including phenoxy) is 1. The summed E-state index contributed by atoms with van der Waals surface area (Å²) < 4.78 is 32.0. The third kappa shape index (κ3) is 2.79. The third-order valence-electron chi connectivity index (χ3n) is 3.76. The minimum atomic E-state index is -3.62. The molecular formula is C13H19ClN2O3S. The Hall–Kier alpha value is -0.820. The van der Waals surface area contributed by atoms with Gasteiger partial charge in [-0.25, -0.2) is 8.42 Å². The van der Waals surface area contributed by atoms with E-state index in [4.69, 9.17) is 22.1 Å². The average Bonchev–Trinajstić information content (AvgIpc) is 2.83. The van der Waals surface area contributed by atoms with Gasteiger partial charge in [0.25, 0.3) is 0 Å². The van der Waals surface area contributed by atoms with Crippen LogP contribution < -0.4 is 10.5 Å². The fourth-order valence-corrected chi connectivity index (χ4v) is 4.35. The van der Waals surface area contributed by atoms with Crippen molar-refractivity contribution in [2.75, 3.05) is 26.7 Å². The summed E-state index contributed by atoms with van der Waals surface area (Å²) in [6.45, 7) is 3.34. The first-order chi connectivity index (χ1) is 9.32. The van der Waals surface area contributed by atoms with E-state index in [1.165, 1.54) is 17.5 Å². The van der Waals surface area contributed by atoms with Gasteiger partial charge in [0.05, 0.1) is 7.11 Å². The molecule has 0 saturated carbocycles. The molecule has 0 aliphatic carbocycles. The van der Waals surface area contributed by atoms with Crippen molar-refractivity contribution in [3.05, 3.63) is 23.2 Å². The van der Waals surface area contributed by atoms with Crippen molar-refractivity contribution in [2.24, 2.45) is 11.1 Å². The van der Waals surface area contributed by atoms with Crippen LogP contribution in [-0.2, 0) is 10.0 Å². The van der Waals surface area contributed by atoms with Gasteiger partial charge in [-0.1, -0.05) is 18.5 Å². The second-order valence-electron chi connectivity index (χ2n) is 5.40. The Labute approximate surface area is 124 Å². The van der Waals surface area contributed by atoms with Crippen LogP contribution in [0.5, 0.6) is 5.75 Å². The second kappa shape index (κ2) is 5.52. The largest absolute Gasteiger partial charge is 0.495 e. The van der Waals surface area contributed by atoms with Crippen LogP contribution in [-0.4, -0.2) is 39.5 Å². The highest BCUT2D eigenvalue weighted by molar-refractivity contribution is 7.89. The van der Waals surface area contributed by atoms with Crippen LogP contribution in [0.2, 0.25) is 5.02 Å². The SMILES string of the molecule is COc1ccc(Cl)cc1S(=O)(=O)N1CCC(C)(CN)C1. The molecule has 0 bridgehead atoms. The molecule has 1 aliphatic heterocycles. The number of nitrogens with two attached hydrogens (primary N) is 1. The number of benzene rings is 1. The highest BCUT2D eigenvalue weighted by Gasteiger charge is 2.40. The van der Waals surface area contributed by atoms with Crippen molar-refractivity contribution < 1.29 is 13.2 Å².